The normalized spacial score (nSPS) is 15.8. The lowest BCUT2D eigenvalue weighted by Gasteiger charge is -2.32. The van der Waals surface area contributed by atoms with Gasteiger partial charge < -0.3 is 9.64 Å². The van der Waals surface area contributed by atoms with E-state index >= 15 is 0 Å². The van der Waals surface area contributed by atoms with Crippen LogP contribution in [0.25, 0.3) is 5.57 Å². The maximum Gasteiger partial charge on any atom is 0.282 e. The number of benzene rings is 3. The molecule has 5 rings (SSSR count). The third-order valence-electron chi connectivity index (χ3n) is 6.28. The molecule has 2 heterocycles. The minimum absolute atomic E-state index is 0.285. The van der Waals surface area contributed by atoms with E-state index in [1.54, 1.807) is 7.11 Å². The van der Waals surface area contributed by atoms with E-state index in [-0.39, 0.29) is 11.8 Å². The summed E-state index contributed by atoms with van der Waals surface area (Å²) < 4.78 is 5.30. The van der Waals surface area contributed by atoms with Gasteiger partial charge in [0.2, 0.25) is 0 Å². The van der Waals surface area contributed by atoms with Gasteiger partial charge in [0.05, 0.1) is 18.4 Å². The van der Waals surface area contributed by atoms with E-state index in [0.717, 1.165) is 29.7 Å². The summed E-state index contributed by atoms with van der Waals surface area (Å²) >= 11 is 0. The lowest BCUT2D eigenvalue weighted by Crippen LogP contribution is -2.37. The average molecular weight is 439 g/mol. The van der Waals surface area contributed by atoms with Crippen molar-refractivity contribution >= 4 is 28.8 Å². The first-order valence-electron chi connectivity index (χ1n) is 11.2. The Balaban J connectivity index is 1.70. The van der Waals surface area contributed by atoms with Crippen molar-refractivity contribution in [1.82, 2.24) is 0 Å². The molecule has 2 aliphatic rings. The number of fused-ring (bicyclic) bond motifs is 1. The van der Waals surface area contributed by atoms with Gasteiger partial charge in [-0.2, -0.15) is 0 Å². The standard InChI is InChI=1S/C28H26N2O3/c1-18-15-19(2)17-22(16-18)30-27(31)25(21-10-12-23(33-3)13-11-21)26(28(30)32)29-14-6-8-20-7-4-5-9-24(20)29/h4-5,7,9-13,15-17H,6,8,14H2,1-3H3. The highest BCUT2D eigenvalue weighted by atomic mass is 16.5. The Hall–Kier alpha value is -3.86. The molecular weight excluding hydrogens is 412 g/mol. The molecule has 3 aromatic carbocycles. The van der Waals surface area contributed by atoms with Crippen molar-refractivity contribution in [3.05, 3.63) is 94.7 Å². The highest BCUT2D eigenvalue weighted by Crippen LogP contribution is 2.40. The molecule has 0 spiro atoms. The SMILES string of the molecule is COc1ccc(C2=C(N3CCCc4ccccc43)C(=O)N(c3cc(C)cc(C)c3)C2=O)cc1. The van der Waals surface area contributed by atoms with Gasteiger partial charge in [-0.1, -0.05) is 36.4 Å². The number of carbonyl (C=O) groups is 2. The number of amides is 2. The van der Waals surface area contributed by atoms with Crippen LogP contribution < -0.4 is 14.5 Å². The highest BCUT2D eigenvalue weighted by molar-refractivity contribution is 6.46. The molecule has 33 heavy (non-hydrogen) atoms. The molecule has 0 aromatic heterocycles. The first-order chi connectivity index (χ1) is 16.0. The molecule has 5 nitrogen and oxygen atoms in total. The molecular formula is C28H26N2O3. The molecule has 0 aliphatic carbocycles. The van der Waals surface area contributed by atoms with Gasteiger partial charge in [-0.3, -0.25) is 9.59 Å². The summed E-state index contributed by atoms with van der Waals surface area (Å²) in [6, 6.07) is 21.3. The first kappa shape index (κ1) is 21.0. The second-order valence-corrected chi connectivity index (χ2v) is 8.63. The molecule has 0 radical (unpaired) electrons. The predicted octanol–water partition coefficient (Wildman–Crippen LogP) is 5.05. The molecule has 5 heteroatoms. The van der Waals surface area contributed by atoms with Crippen LogP contribution in [0.2, 0.25) is 0 Å². The van der Waals surface area contributed by atoms with Crippen LogP contribution in [0.15, 0.2) is 72.4 Å². The monoisotopic (exact) mass is 438 g/mol. The number of para-hydroxylation sites is 1. The highest BCUT2D eigenvalue weighted by Gasteiger charge is 2.43. The van der Waals surface area contributed by atoms with E-state index in [0.29, 0.717) is 34.8 Å². The van der Waals surface area contributed by atoms with E-state index < -0.39 is 0 Å². The molecule has 2 aliphatic heterocycles. The van der Waals surface area contributed by atoms with Crippen LogP contribution in [-0.4, -0.2) is 25.5 Å². The van der Waals surface area contributed by atoms with Gasteiger partial charge in [0.25, 0.3) is 11.8 Å². The molecule has 0 saturated heterocycles. The summed E-state index contributed by atoms with van der Waals surface area (Å²) in [5.41, 5.74) is 6.38. The Labute approximate surface area is 193 Å². The number of nitrogens with zero attached hydrogens (tertiary/aromatic N) is 2. The zero-order valence-electron chi connectivity index (χ0n) is 19.1. The van der Waals surface area contributed by atoms with Crippen molar-refractivity contribution < 1.29 is 14.3 Å². The van der Waals surface area contributed by atoms with Crippen LogP contribution in [0.4, 0.5) is 11.4 Å². The van der Waals surface area contributed by atoms with Gasteiger partial charge in [0, 0.05) is 12.2 Å². The average Bonchev–Trinajstić information content (AvgIpc) is 3.07. The summed E-state index contributed by atoms with van der Waals surface area (Å²) in [6.45, 7) is 4.63. The number of hydrogen-bond acceptors (Lipinski definition) is 4. The van der Waals surface area contributed by atoms with Crippen molar-refractivity contribution in [3.63, 3.8) is 0 Å². The summed E-state index contributed by atoms with van der Waals surface area (Å²) in [5, 5.41) is 0. The lowest BCUT2D eigenvalue weighted by atomic mass is 9.98. The van der Waals surface area contributed by atoms with Gasteiger partial charge in [0.15, 0.2) is 0 Å². The third-order valence-corrected chi connectivity index (χ3v) is 6.28. The number of anilines is 2. The number of methoxy groups -OCH3 is 1. The van der Waals surface area contributed by atoms with Crippen LogP contribution >= 0.6 is 0 Å². The number of hydrogen-bond donors (Lipinski definition) is 0. The number of carbonyl (C=O) groups excluding carboxylic acids is 2. The molecule has 0 bridgehead atoms. The fourth-order valence-corrected chi connectivity index (χ4v) is 4.87. The minimum Gasteiger partial charge on any atom is -0.497 e. The van der Waals surface area contributed by atoms with Crippen LogP contribution in [0.5, 0.6) is 5.75 Å². The quantitative estimate of drug-likeness (QED) is 0.535. The lowest BCUT2D eigenvalue weighted by molar-refractivity contribution is -0.120. The summed E-state index contributed by atoms with van der Waals surface area (Å²) in [5.74, 6) is 0.118. The smallest absolute Gasteiger partial charge is 0.282 e. The van der Waals surface area contributed by atoms with Crippen molar-refractivity contribution in [1.29, 1.82) is 0 Å². The number of imide groups is 1. The molecule has 0 saturated carbocycles. The van der Waals surface area contributed by atoms with E-state index in [1.165, 1.54) is 10.5 Å². The van der Waals surface area contributed by atoms with Gasteiger partial charge in [-0.15, -0.1) is 0 Å². The Bertz CT molecular complexity index is 1270. The van der Waals surface area contributed by atoms with Gasteiger partial charge >= 0.3 is 0 Å². The van der Waals surface area contributed by atoms with Crippen LogP contribution in [0.1, 0.15) is 28.7 Å². The number of aryl methyl sites for hydroxylation is 3. The Morgan fingerprint density at radius 1 is 0.848 bits per heavy atom. The van der Waals surface area contributed by atoms with Crippen LogP contribution in [-0.2, 0) is 16.0 Å². The van der Waals surface area contributed by atoms with E-state index in [1.807, 2.05) is 79.4 Å². The molecule has 0 N–H and O–H groups in total. The van der Waals surface area contributed by atoms with Crippen molar-refractivity contribution in [2.45, 2.75) is 26.7 Å². The summed E-state index contributed by atoms with van der Waals surface area (Å²) in [7, 11) is 1.61. The van der Waals surface area contributed by atoms with E-state index in [4.69, 9.17) is 4.74 Å². The van der Waals surface area contributed by atoms with Crippen LogP contribution in [0, 0.1) is 13.8 Å². The summed E-state index contributed by atoms with van der Waals surface area (Å²) in [4.78, 5) is 31.1. The second-order valence-electron chi connectivity index (χ2n) is 8.63. The zero-order chi connectivity index (χ0) is 23.1. The van der Waals surface area contributed by atoms with E-state index in [2.05, 4.69) is 6.07 Å². The van der Waals surface area contributed by atoms with Gasteiger partial charge in [-0.25, -0.2) is 4.90 Å². The Kier molecular flexibility index (Phi) is 5.25. The minimum atomic E-state index is -0.298. The van der Waals surface area contributed by atoms with E-state index in [9.17, 15) is 9.59 Å². The summed E-state index contributed by atoms with van der Waals surface area (Å²) in [6.07, 6.45) is 1.88. The van der Waals surface area contributed by atoms with Crippen molar-refractivity contribution in [3.8, 4) is 5.75 Å². The van der Waals surface area contributed by atoms with Crippen molar-refractivity contribution in [2.24, 2.45) is 0 Å². The molecule has 0 atom stereocenters. The Morgan fingerprint density at radius 2 is 1.55 bits per heavy atom. The largest absolute Gasteiger partial charge is 0.497 e. The molecule has 3 aromatic rings. The number of ether oxygens (including phenoxy) is 1. The zero-order valence-corrected chi connectivity index (χ0v) is 19.1. The molecule has 0 fully saturated rings. The Morgan fingerprint density at radius 3 is 2.24 bits per heavy atom. The second kappa shape index (κ2) is 8.24. The fourth-order valence-electron chi connectivity index (χ4n) is 4.87. The first-order valence-corrected chi connectivity index (χ1v) is 11.2. The fraction of sp³-hybridized carbons (Fsp3) is 0.214. The maximum atomic E-state index is 13.9. The van der Waals surface area contributed by atoms with Crippen molar-refractivity contribution in [2.75, 3.05) is 23.5 Å². The number of rotatable bonds is 4. The molecule has 166 valence electrons. The topological polar surface area (TPSA) is 49.9 Å². The maximum absolute atomic E-state index is 13.9. The van der Waals surface area contributed by atoms with Crippen LogP contribution in [0.3, 0.4) is 0 Å². The molecule has 2 amide bonds. The van der Waals surface area contributed by atoms with Gasteiger partial charge in [0.1, 0.15) is 11.4 Å². The van der Waals surface area contributed by atoms with Gasteiger partial charge in [-0.05, 0) is 79.3 Å². The molecule has 0 unspecified atom stereocenters. The predicted molar refractivity (Wildman–Crippen MR) is 130 cm³/mol. The third kappa shape index (κ3) is 3.59.